The maximum Gasteiger partial charge on any atom is 0.355 e. The number of aromatic nitrogens is 3. The number of esters is 1. The van der Waals surface area contributed by atoms with Gasteiger partial charge in [-0.3, -0.25) is 0 Å². The molecule has 5 nitrogen and oxygen atoms in total. The zero-order chi connectivity index (χ0) is 23.7. The Balaban J connectivity index is 1.78. The molecule has 0 fully saturated rings. The molecule has 0 aliphatic rings. The second kappa shape index (κ2) is 9.37. The summed E-state index contributed by atoms with van der Waals surface area (Å²) in [5.74, 6) is -0.428. The molecule has 5 rings (SSSR count). The number of ether oxygens (including phenoxy) is 1. The number of fused-ring (bicyclic) bond motifs is 1. The number of carbonyl (C=O) groups excluding carboxylic acids is 1. The van der Waals surface area contributed by atoms with Crippen molar-refractivity contribution < 1.29 is 9.53 Å². The van der Waals surface area contributed by atoms with Gasteiger partial charge in [-0.05, 0) is 48.9 Å². The number of halogens is 2. The average Bonchev–Trinajstić information content (AvgIpc) is 3.41. The highest BCUT2D eigenvalue weighted by Gasteiger charge is 2.26. The van der Waals surface area contributed by atoms with Crippen LogP contribution in [0.1, 0.15) is 28.5 Å². The second-order valence-corrected chi connectivity index (χ2v) is 8.73. The Kier molecular flexibility index (Phi) is 6.14. The van der Waals surface area contributed by atoms with E-state index < -0.39 is 5.97 Å². The molecule has 5 aromatic rings. The summed E-state index contributed by atoms with van der Waals surface area (Å²) in [5.41, 5.74) is 5.61. The Morgan fingerprint density at radius 1 is 1.00 bits per heavy atom. The summed E-state index contributed by atoms with van der Waals surface area (Å²) in [4.78, 5) is 16.3. The monoisotopic (exact) mass is 489 g/mol. The van der Waals surface area contributed by atoms with Crippen molar-refractivity contribution in [1.82, 2.24) is 14.8 Å². The Hall–Kier alpha value is -3.54. The van der Waals surface area contributed by atoms with Crippen LogP contribution in [0.4, 0.5) is 0 Å². The number of hydrogen-bond donors (Lipinski definition) is 1. The first-order valence-corrected chi connectivity index (χ1v) is 11.7. The zero-order valence-corrected chi connectivity index (χ0v) is 19.9. The fourth-order valence-electron chi connectivity index (χ4n) is 4.14. The average molecular weight is 490 g/mol. The molecular weight excluding hydrogens is 469 g/mol. The molecule has 0 amide bonds. The molecular formula is C27H21Cl2N3O2. The van der Waals surface area contributed by atoms with E-state index in [1.54, 1.807) is 6.92 Å². The number of carbonyl (C=O) groups is 1. The van der Waals surface area contributed by atoms with Crippen molar-refractivity contribution in [1.29, 1.82) is 0 Å². The van der Waals surface area contributed by atoms with Gasteiger partial charge in [0.05, 0.1) is 24.2 Å². The van der Waals surface area contributed by atoms with Crippen LogP contribution in [-0.4, -0.2) is 27.3 Å². The first kappa shape index (κ1) is 22.3. The van der Waals surface area contributed by atoms with Gasteiger partial charge in [-0.2, -0.15) is 5.10 Å². The molecule has 0 bridgehead atoms. The maximum atomic E-state index is 13.0. The Labute approximate surface area is 206 Å². The van der Waals surface area contributed by atoms with E-state index in [1.165, 1.54) is 0 Å². The summed E-state index contributed by atoms with van der Waals surface area (Å²) in [7, 11) is 0. The predicted octanol–water partition coefficient (Wildman–Crippen LogP) is 7.09. The Morgan fingerprint density at radius 2 is 1.74 bits per heavy atom. The van der Waals surface area contributed by atoms with Gasteiger partial charge in [-0.1, -0.05) is 59.6 Å². The Morgan fingerprint density at radius 3 is 2.47 bits per heavy atom. The molecule has 0 saturated carbocycles. The van der Waals surface area contributed by atoms with Crippen molar-refractivity contribution in [3.63, 3.8) is 0 Å². The van der Waals surface area contributed by atoms with Gasteiger partial charge < -0.3 is 9.72 Å². The highest BCUT2D eigenvalue weighted by molar-refractivity contribution is 6.31. The quantitative estimate of drug-likeness (QED) is 0.259. The topological polar surface area (TPSA) is 59.9 Å². The molecule has 0 radical (unpaired) electrons. The number of aromatic amines is 1. The lowest BCUT2D eigenvalue weighted by molar-refractivity contribution is 0.0521. The molecule has 0 atom stereocenters. The summed E-state index contributed by atoms with van der Waals surface area (Å²) in [5, 5.41) is 6.85. The van der Waals surface area contributed by atoms with E-state index in [0.29, 0.717) is 22.2 Å². The third-order valence-electron chi connectivity index (χ3n) is 5.63. The number of nitrogens with zero attached hydrogens (tertiary/aromatic N) is 2. The van der Waals surface area contributed by atoms with Gasteiger partial charge in [0.25, 0.3) is 0 Å². The van der Waals surface area contributed by atoms with Crippen LogP contribution in [0.15, 0.2) is 79.0 Å². The first-order chi connectivity index (χ1) is 16.5. The molecule has 3 aromatic carbocycles. The lowest BCUT2D eigenvalue weighted by Gasteiger charge is -2.12. The summed E-state index contributed by atoms with van der Waals surface area (Å²) < 4.78 is 7.26. The van der Waals surface area contributed by atoms with E-state index in [0.717, 1.165) is 39.0 Å². The minimum absolute atomic E-state index is 0.268. The molecule has 0 saturated heterocycles. The molecule has 0 aliphatic carbocycles. The van der Waals surface area contributed by atoms with Gasteiger partial charge in [0.2, 0.25) is 0 Å². The van der Waals surface area contributed by atoms with E-state index in [4.69, 9.17) is 33.0 Å². The van der Waals surface area contributed by atoms with Crippen molar-refractivity contribution in [3.8, 4) is 16.9 Å². The van der Waals surface area contributed by atoms with E-state index in [-0.39, 0.29) is 6.61 Å². The Bertz CT molecular complexity index is 1470. The normalized spacial score (nSPS) is 11.1. The smallest absolute Gasteiger partial charge is 0.355 e. The van der Waals surface area contributed by atoms with Gasteiger partial charge in [0.15, 0.2) is 0 Å². The molecule has 34 heavy (non-hydrogen) atoms. The van der Waals surface area contributed by atoms with E-state index in [9.17, 15) is 4.79 Å². The van der Waals surface area contributed by atoms with Crippen molar-refractivity contribution in [2.24, 2.45) is 0 Å². The van der Waals surface area contributed by atoms with Crippen molar-refractivity contribution in [3.05, 3.63) is 106 Å². The SMILES string of the molecule is CCOC(=O)c1[nH]c2cc(Cl)ccc2c1-c1c(Cc2ccc(Cl)cc2)cnn1-c1ccccc1. The number of H-pyrrole nitrogens is 1. The molecule has 170 valence electrons. The fraction of sp³-hybridized carbons (Fsp3) is 0.111. The number of hydrogen-bond acceptors (Lipinski definition) is 3. The highest BCUT2D eigenvalue weighted by Crippen LogP contribution is 2.38. The van der Waals surface area contributed by atoms with Crippen molar-refractivity contribution in [2.45, 2.75) is 13.3 Å². The summed E-state index contributed by atoms with van der Waals surface area (Å²) in [6.07, 6.45) is 2.46. The lowest BCUT2D eigenvalue weighted by atomic mass is 9.99. The molecule has 0 unspecified atom stereocenters. The molecule has 7 heteroatoms. The fourth-order valence-corrected chi connectivity index (χ4v) is 4.44. The van der Waals surface area contributed by atoms with Crippen LogP contribution in [0.25, 0.3) is 27.8 Å². The van der Waals surface area contributed by atoms with Crippen LogP contribution in [0.3, 0.4) is 0 Å². The van der Waals surface area contributed by atoms with E-state index in [1.807, 2.05) is 83.7 Å². The minimum atomic E-state index is -0.428. The number of benzene rings is 3. The summed E-state index contributed by atoms with van der Waals surface area (Å²) in [6.45, 7) is 2.06. The lowest BCUT2D eigenvalue weighted by Crippen LogP contribution is -2.09. The van der Waals surface area contributed by atoms with Crippen LogP contribution in [0.5, 0.6) is 0 Å². The number of rotatable bonds is 6. The van der Waals surface area contributed by atoms with Gasteiger partial charge in [-0.25, -0.2) is 9.48 Å². The molecule has 0 aliphatic heterocycles. The third-order valence-corrected chi connectivity index (χ3v) is 6.12. The van der Waals surface area contributed by atoms with Crippen LogP contribution >= 0.6 is 23.2 Å². The van der Waals surface area contributed by atoms with Crippen LogP contribution < -0.4 is 0 Å². The van der Waals surface area contributed by atoms with Gasteiger partial charge in [0.1, 0.15) is 5.69 Å². The highest BCUT2D eigenvalue weighted by atomic mass is 35.5. The second-order valence-electron chi connectivity index (χ2n) is 7.85. The zero-order valence-electron chi connectivity index (χ0n) is 18.4. The maximum absolute atomic E-state index is 13.0. The number of nitrogens with one attached hydrogen (secondary N) is 1. The number of para-hydroxylation sites is 1. The largest absolute Gasteiger partial charge is 0.461 e. The minimum Gasteiger partial charge on any atom is -0.461 e. The van der Waals surface area contributed by atoms with E-state index >= 15 is 0 Å². The van der Waals surface area contributed by atoms with Crippen LogP contribution in [-0.2, 0) is 11.2 Å². The van der Waals surface area contributed by atoms with Crippen LogP contribution in [0, 0.1) is 0 Å². The third kappa shape index (κ3) is 4.20. The molecule has 0 spiro atoms. The first-order valence-electron chi connectivity index (χ1n) is 10.9. The van der Waals surface area contributed by atoms with Crippen molar-refractivity contribution >= 4 is 40.1 Å². The van der Waals surface area contributed by atoms with Gasteiger partial charge in [-0.15, -0.1) is 0 Å². The van der Waals surface area contributed by atoms with Crippen LogP contribution in [0.2, 0.25) is 10.0 Å². The van der Waals surface area contributed by atoms with Gasteiger partial charge >= 0.3 is 5.97 Å². The summed E-state index contributed by atoms with van der Waals surface area (Å²) in [6, 6.07) is 23.1. The van der Waals surface area contributed by atoms with E-state index in [2.05, 4.69) is 4.98 Å². The summed E-state index contributed by atoms with van der Waals surface area (Å²) >= 11 is 12.4. The predicted molar refractivity (Wildman–Crippen MR) is 136 cm³/mol. The molecule has 2 heterocycles. The van der Waals surface area contributed by atoms with Gasteiger partial charge in [0, 0.05) is 38.5 Å². The van der Waals surface area contributed by atoms with Crippen molar-refractivity contribution in [2.75, 3.05) is 6.61 Å². The standard InChI is InChI=1S/C27H21Cl2N3O2/c1-2-34-27(33)25-24(22-13-12-20(29)15-23(22)31-25)26-18(14-17-8-10-19(28)11-9-17)16-30-32(26)21-6-4-3-5-7-21/h3-13,15-16,31H,2,14H2,1H3. The molecule has 1 N–H and O–H groups in total. The molecule has 2 aromatic heterocycles.